The molecule has 0 aliphatic carbocycles. The van der Waals surface area contributed by atoms with E-state index in [9.17, 15) is 0 Å². The second-order valence-corrected chi connectivity index (χ2v) is 5.00. The molecule has 0 saturated heterocycles. The van der Waals surface area contributed by atoms with Crippen LogP contribution in [0.1, 0.15) is 43.5 Å². The van der Waals surface area contributed by atoms with Crippen molar-refractivity contribution in [2.45, 2.75) is 46.5 Å². The van der Waals surface area contributed by atoms with Crippen LogP contribution in [-0.4, -0.2) is 9.97 Å². The molecule has 0 radical (unpaired) electrons. The van der Waals surface area contributed by atoms with Gasteiger partial charge in [0.05, 0.1) is 0 Å². The molecule has 0 unspecified atom stereocenters. The van der Waals surface area contributed by atoms with Crippen molar-refractivity contribution in [1.29, 1.82) is 0 Å². The molecule has 2 aromatic rings. The highest BCUT2D eigenvalue weighted by molar-refractivity contribution is 5.55. The molecule has 0 bridgehead atoms. The highest BCUT2D eigenvalue weighted by Gasteiger charge is 2.05. The van der Waals surface area contributed by atoms with Gasteiger partial charge < -0.3 is 0 Å². The first kappa shape index (κ1) is 13.7. The van der Waals surface area contributed by atoms with Gasteiger partial charge in [-0.1, -0.05) is 51.0 Å². The molecule has 0 aliphatic rings. The predicted octanol–water partition coefficient (Wildman–Crippen LogP) is 4.36. The largest absolute Gasteiger partial charge is 0.236 e. The molecule has 0 spiro atoms. The third-order valence-corrected chi connectivity index (χ3v) is 3.35. The van der Waals surface area contributed by atoms with Crippen LogP contribution in [0, 0.1) is 6.92 Å². The van der Waals surface area contributed by atoms with Crippen molar-refractivity contribution >= 4 is 0 Å². The Morgan fingerprint density at radius 2 is 1.63 bits per heavy atom. The van der Waals surface area contributed by atoms with E-state index in [0.717, 1.165) is 36.3 Å². The van der Waals surface area contributed by atoms with Crippen LogP contribution in [0.3, 0.4) is 0 Å². The topological polar surface area (TPSA) is 25.8 Å². The fraction of sp³-hybridized carbons (Fsp3) is 0.412. The number of nitrogens with zero attached hydrogens (tertiary/aromatic N) is 2. The van der Waals surface area contributed by atoms with Crippen LogP contribution in [0.5, 0.6) is 0 Å². The molecule has 2 nitrogen and oxygen atoms in total. The fourth-order valence-corrected chi connectivity index (χ4v) is 2.26. The van der Waals surface area contributed by atoms with E-state index in [1.54, 1.807) is 0 Å². The molecule has 0 aliphatic heterocycles. The summed E-state index contributed by atoms with van der Waals surface area (Å²) in [6, 6.07) is 8.60. The molecule has 19 heavy (non-hydrogen) atoms. The van der Waals surface area contributed by atoms with Crippen molar-refractivity contribution in [3.63, 3.8) is 0 Å². The number of benzene rings is 1. The fourth-order valence-electron chi connectivity index (χ4n) is 2.26. The lowest BCUT2D eigenvalue weighted by Gasteiger charge is -2.07. The van der Waals surface area contributed by atoms with Crippen LogP contribution in [0.15, 0.2) is 30.5 Å². The summed E-state index contributed by atoms with van der Waals surface area (Å²) in [5.41, 5.74) is 4.84. The van der Waals surface area contributed by atoms with Gasteiger partial charge in [-0.25, -0.2) is 9.97 Å². The molecule has 1 heterocycles. The average molecular weight is 254 g/mol. The highest BCUT2D eigenvalue weighted by atomic mass is 14.9. The summed E-state index contributed by atoms with van der Waals surface area (Å²) < 4.78 is 0. The zero-order valence-electron chi connectivity index (χ0n) is 12.1. The van der Waals surface area contributed by atoms with Gasteiger partial charge in [0.1, 0.15) is 0 Å². The van der Waals surface area contributed by atoms with E-state index >= 15 is 0 Å². The lowest BCUT2D eigenvalue weighted by atomic mass is 10.1. The van der Waals surface area contributed by atoms with E-state index in [2.05, 4.69) is 55.0 Å². The molecular formula is C17H22N2. The third kappa shape index (κ3) is 3.40. The molecule has 0 N–H and O–H groups in total. The molecule has 1 aromatic heterocycles. The number of aryl methyl sites for hydroxylation is 3. The van der Waals surface area contributed by atoms with Crippen LogP contribution >= 0.6 is 0 Å². The van der Waals surface area contributed by atoms with Gasteiger partial charge in [0, 0.05) is 17.5 Å². The minimum absolute atomic E-state index is 0.834. The summed E-state index contributed by atoms with van der Waals surface area (Å²) >= 11 is 0. The van der Waals surface area contributed by atoms with E-state index in [1.807, 2.05) is 6.20 Å². The summed E-state index contributed by atoms with van der Waals surface area (Å²) in [6.45, 7) is 6.45. The molecule has 2 heteroatoms. The van der Waals surface area contributed by atoms with Crippen molar-refractivity contribution in [2.75, 3.05) is 0 Å². The van der Waals surface area contributed by atoms with Crippen LogP contribution in [0.4, 0.5) is 0 Å². The quantitative estimate of drug-likeness (QED) is 0.792. The molecular weight excluding hydrogens is 232 g/mol. The van der Waals surface area contributed by atoms with Crippen LogP contribution < -0.4 is 0 Å². The first-order valence-electron chi connectivity index (χ1n) is 7.16. The van der Waals surface area contributed by atoms with Crippen molar-refractivity contribution in [3.05, 3.63) is 47.3 Å². The number of rotatable bonds is 5. The second kappa shape index (κ2) is 6.46. The van der Waals surface area contributed by atoms with Gasteiger partial charge in [-0.15, -0.1) is 0 Å². The van der Waals surface area contributed by atoms with Gasteiger partial charge in [0.25, 0.3) is 0 Å². The molecule has 100 valence electrons. The highest BCUT2D eigenvalue weighted by Crippen LogP contribution is 2.18. The van der Waals surface area contributed by atoms with Gasteiger partial charge >= 0.3 is 0 Å². The van der Waals surface area contributed by atoms with Crippen molar-refractivity contribution in [1.82, 2.24) is 9.97 Å². The van der Waals surface area contributed by atoms with Gasteiger partial charge in [0.2, 0.25) is 0 Å². The zero-order chi connectivity index (χ0) is 13.7. The van der Waals surface area contributed by atoms with Crippen molar-refractivity contribution < 1.29 is 0 Å². The monoisotopic (exact) mass is 254 g/mol. The van der Waals surface area contributed by atoms with Gasteiger partial charge in [0.15, 0.2) is 5.82 Å². The smallest absolute Gasteiger partial charge is 0.159 e. The summed E-state index contributed by atoms with van der Waals surface area (Å²) in [7, 11) is 0. The Morgan fingerprint density at radius 3 is 2.21 bits per heavy atom. The predicted molar refractivity (Wildman–Crippen MR) is 80.2 cm³/mol. The Kier molecular flexibility index (Phi) is 4.67. The average Bonchev–Trinajstić information content (AvgIpc) is 2.43. The first-order valence-corrected chi connectivity index (χ1v) is 7.16. The SMILES string of the molecule is CCCc1ccc(-c2ncc(CCC)c(C)n2)cc1. The van der Waals surface area contributed by atoms with Gasteiger partial charge in [-0.2, -0.15) is 0 Å². The lowest BCUT2D eigenvalue weighted by molar-refractivity contribution is 0.885. The summed E-state index contributed by atoms with van der Waals surface area (Å²) in [5, 5.41) is 0. The number of hydrogen-bond acceptors (Lipinski definition) is 2. The molecule has 0 amide bonds. The summed E-state index contributed by atoms with van der Waals surface area (Å²) in [6.07, 6.45) is 6.48. The molecule has 0 saturated carbocycles. The number of hydrogen-bond donors (Lipinski definition) is 0. The van der Waals surface area contributed by atoms with E-state index < -0.39 is 0 Å². The van der Waals surface area contributed by atoms with Crippen molar-refractivity contribution in [2.24, 2.45) is 0 Å². The van der Waals surface area contributed by atoms with E-state index in [1.165, 1.54) is 17.5 Å². The Balaban J connectivity index is 2.24. The van der Waals surface area contributed by atoms with Crippen LogP contribution in [0.25, 0.3) is 11.4 Å². The normalized spacial score (nSPS) is 10.7. The first-order chi connectivity index (χ1) is 9.24. The van der Waals surface area contributed by atoms with E-state index in [-0.39, 0.29) is 0 Å². The lowest BCUT2D eigenvalue weighted by Crippen LogP contribution is -1.98. The Hall–Kier alpha value is -1.70. The molecule has 0 atom stereocenters. The maximum absolute atomic E-state index is 4.63. The standard InChI is InChI=1S/C17H22N2/c1-4-6-14-8-10-15(11-9-14)17-18-12-16(7-5-2)13(3)19-17/h8-12H,4-7H2,1-3H3. The number of aromatic nitrogens is 2. The van der Waals surface area contributed by atoms with E-state index in [0.29, 0.717) is 0 Å². The third-order valence-electron chi connectivity index (χ3n) is 3.35. The maximum atomic E-state index is 4.63. The second-order valence-electron chi connectivity index (χ2n) is 5.00. The Bertz CT molecular complexity index is 529. The van der Waals surface area contributed by atoms with E-state index in [4.69, 9.17) is 0 Å². The molecule has 1 aromatic carbocycles. The van der Waals surface area contributed by atoms with Crippen LogP contribution in [-0.2, 0) is 12.8 Å². The van der Waals surface area contributed by atoms with Gasteiger partial charge in [-0.3, -0.25) is 0 Å². The summed E-state index contributed by atoms with van der Waals surface area (Å²) in [4.78, 5) is 9.12. The molecule has 2 rings (SSSR count). The van der Waals surface area contributed by atoms with Crippen molar-refractivity contribution in [3.8, 4) is 11.4 Å². The molecule has 0 fully saturated rings. The Labute approximate surface area is 115 Å². The summed E-state index contributed by atoms with van der Waals surface area (Å²) in [5.74, 6) is 0.834. The Morgan fingerprint density at radius 1 is 0.947 bits per heavy atom. The maximum Gasteiger partial charge on any atom is 0.159 e. The minimum atomic E-state index is 0.834. The zero-order valence-corrected chi connectivity index (χ0v) is 12.1. The van der Waals surface area contributed by atoms with Gasteiger partial charge in [-0.05, 0) is 30.9 Å². The van der Waals surface area contributed by atoms with Crippen LogP contribution in [0.2, 0.25) is 0 Å². The minimum Gasteiger partial charge on any atom is -0.236 e.